The minimum atomic E-state index is -0.124. The molecule has 3 nitrogen and oxygen atoms in total. The molecule has 2 atom stereocenters. The van der Waals surface area contributed by atoms with Crippen molar-refractivity contribution in [1.29, 1.82) is 0 Å². The van der Waals surface area contributed by atoms with Gasteiger partial charge in [0, 0.05) is 19.6 Å². The van der Waals surface area contributed by atoms with Crippen LogP contribution in [0.3, 0.4) is 0 Å². The second-order valence-electron chi connectivity index (χ2n) is 6.82. The van der Waals surface area contributed by atoms with E-state index in [4.69, 9.17) is 4.42 Å². The molecule has 1 saturated heterocycles. The molecule has 23 heavy (non-hydrogen) atoms. The van der Waals surface area contributed by atoms with Gasteiger partial charge < -0.3 is 14.6 Å². The molecule has 0 amide bonds. The van der Waals surface area contributed by atoms with E-state index in [0.29, 0.717) is 24.9 Å². The molecule has 3 rings (SSSR count). The summed E-state index contributed by atoms with van der Waals surface area (Å²) in [4.78, 5) is 2.20. The Kier molecular flexibility index (Phi) is 5.01. The van der Waals surface area contributed by atoms with E-state index in [1.807, 2.05) is 24.3 Å². The molecule has 1 aromatic carbocycles. The summed E-state index contributed by atoms with van der Waals surface area (Å²) in [5, 5.41) is 3.34. The van der Waals surface area contributed by atoms with Gasteiger partial charge in [-0.3, -0.25) is 0 Å². The van der Waals surface area contributed by atoms with Gasteiger partial charge >= 0.3 is 0 Å². The normalized spacial score (nSPS) is 21.6. The highest BCUT2D eigenvalue weighted by molar-refractivity contribution is 5.50. The number of benzene rings is 1. The SMILES string of the molecule is CC1CC(C)CN(c2cc(CNCc3ccco3)ccc2F)C1. The Balaban J connectivity index is 1.66. The first-order valence-corrected chi connectivity index (χ1v) is 8.38. The lowest BCUT2D eigenvalue weighted by atomic mass is 9.91. The van der Waals surface area contributed by atoms with Gasteiger partial charge in [0.05, 0.1) is 18.5 Å². The van der Waals surface area contributed by atoms with E-state index >= 15 is 0 Å². The maximum absolute atomic E-state index is 14.3. The smallest absolute Gasteiger partial charge is 0.146 e. The Morgan fingerprint density at radius 2 is 1.96 bits per heavy atom. The molecule has 1 aliphatic heterocycles. The van der Waals surface area contributed by atoms with E-state index in [1.54, 1.807) is 12.3 Å². The van der Waals surface area contributed by atoms with Crippen molar-refractivity contribution in [3.05, 3.63) is 53.7 Å². The van der Waals surface area contributed by atoms with Gasteiger partial charge in [-0.25, -0.2) is 4.39 Å². The van der Waals surface area contributed by atoms with Crippen LogP contribution in [0.2, 0.25) is 0 Å². The number of furan rings is 1. The van der Waals surface area contributed by atoms with Crippen LogP contribution in [0, 0.1) is 17.7 Å². The third kappa shape index (κ3) is 4.14. The van der Waals surface area contributed by atoms with Crippen LogP contribution in [0.25, 0.3) is 0 Å². The van der Waals surface area contributed by atoms with Crippen LogP contribution in [0.4, 0.5) is 10.1 Å². The monoisotopic (exact) mass is 316 g/mol. The van der Waals surface area contributed by atoms with Crippen LogP contribution < -0.4 is 10.2 Å². The van der Waals surface area contributed by atoms with Crippen molar-refractivity contribution in [3.8, 4) is 0 Å². The molecule has 0 bridgehead atoms. The molecule has 1 fully saturated rings. The minimum absolute atomic E-state index is 0.124. The van der Waals surface area contributed by atoms with Crippen LogP contribution in [0.1, 0.15) is 31.6 Å². The predicted octanol–water partition coefficient (Wildman–Crippen LogP) is 4.19. The Hall–Kier alpha value is -1.81. The lowest BCUT2D eigenvalue weighted by Gasteiger charge is -2.37. The van der Waals surface area contributed by atoms with Crippen molar-refractivity contribution >= 4 is 5.69 Å². The maximum Gasteiger partial charge on any atom is 0.146 e. The van der Waals surface area contributed by atoms with Crippen LogP contribution in [0.5, 0.6) is 0 Å². The van der Waals surface area contributed by atoms with Crippen molar-refractivity contribution in [3.63, 3.8) is 0 Å². The standard InChI is InChI=1S/C19H25FN2O/c1-14-8-15(2)13-22(12-14)19-9-16(5-6-18(19)20)10-21-11-17-4-3-7-23-17/h3-7,9,14-15,21H,8,10-13H2,1-2H3. The average molecular weight is 316 g/mol. The summed E-state index contributed by atoms with van der Waals surface area (Å²) in [6.45, 7) is 7.74. The molecule has 0 spiro atoms. The van der Waals surface area contributed by atoms with E-state index < -0.39 is 0 Å². The van der Waals surface area contributed by atoms with Gasteiger partial charge in [0.15, 0.2) is 0 Å². The van der Waals surface area contributed by atoms with Crippen LogP contribution in [0.15, 0.2) is 41.0 Å². The molecule has 2 heterocycles. The molecule has 1 aliphatic rings. The van der Waals surface area contributed by atoms with Crippen LogP contribution in [-0.4, -0.2) is 13.1 Å². The lowest BCUT2D eigenvalue weighted by Crippen LogP contribution is -2.39. The number of hydrogen-bond acceptors (Lipinski definition) is 3. The summed E-state index contributed by atoms with van der Waals surface area (Å²) in [5.74, 6) is 2.00. The molecule has 0 aliphatic carbocycles. The highest BCUT2D eigenvalue weighted by Gasteiger charge is 2.23. The van der Waals surface area contributed by atoms with Crippen LogP contribution in [-0.2, 0) is 13.1 Å². The number of halogens is 1. The number of piperidine rings is 1. The first kappa shape index (κ1) is 16.1. The summed E-state index contributed by atoms with van der Waals surface area (Å²) in [6.07, 6.45) is 2.90. The zero-order chi connectivity index (χ0) is 16.2. The molecule has 2 aromatic rings. The van der Waals surface area contributed by atoms with E-state index in [-0.39, 0.29) is 5.82 Å². The zero-order valence-electron chi connectivity index (χ0n) is 13.9. The average Bonchev–Trinajstić information content (AvgIpc) is 3.01. The van der Waals surface area contributed by atoms with Gasteiger partial charge in [0.1, 0.15) is 11.6 Å². The molecule has 2 unspecified atom stereocenters. The summed E-state index contributed by atoms with van der Waals surface area (Å²) in [5.41, 5.74) is 1.83. The predicted molar refractivity (Wildman–Crippen MR) is 90.8 cm³/mol. The first-order chi connectivity index (χ1) is 11.1. The Bertz CT molecular complexity index is 616. The second kappa shape index (κ2) is 7.18. The molecule has 0 saturated carbocycles. The fourth-order valence-electron chi connectivity index (χ4n) is 3.51. The van der Waals surface area contributed by atoms with E-state index in [9.17, 15) is 4.39 Å². The highest BCUT2D eigenvalue weighted by Crippen LogP contribution is 2.29. The van der Waals surface area contributed by atoms with Crippen molar-refractivity contribution in [1.82, 2.24) is 5.32 Å². The molecule has 124 valence electrons. The maximum atomic E-state index is 14.3. The minimum Gasteiger partial charge on any atom is -0.468 e. The van der Waals surface area contributed by atoms with Gasteiger partial charge in [0.25, 0.3) is 0 Å². The van der Waals surface area contributed by atoms with Crippen molar-refractivity contribution < 1.29 is 8.81 Å². The van der Waals surface area contributed by atoms with Gasteiger partial charge in [-0.1, -0.05) is 19.9 Å². The van der Waals surface area contributed by atoms with E-state index in [1.165, 1.54) is 6.42 Å². The second-order valence-corrected chi connectivity index (χ2v) is 6.82. The van der Waals surface area contributed by atoms with Crippen LogP contribution >= 0.6 is 0 Å². The van der Waals surface area contributed by atoms with Gasteiger partial charge in [-0.05, 0) is 48.1 Å². The highest BCUT2D eigenvalue weighted by atomic mass is 19.1. The molecule has 4 heteroatoms. The lowest BCUT2D eigenvalue weighted by molar-refractivity contribution is 0.354. The van der Waals surface area contributed by atoms with E-state index in [0.717, 1.165) is 30.1 Å². The summed E-state index contributed by atoms with van der Waals surface area (Å²) in [6, 6.07) is 9.24. The number of hydrogen-bond donors (Lipinski definition) is 1. The van der Waals surface area contributed by atoms with Gasteiger partial charge in [-0.2, -0.15) is 0 Å². The number of nitrogens with one attached hydrogen (secondary N) is 1. The molecular weight excluding hydrogens is 291 g/mol. The number of anilines is 1. The third-order valence-electron chi connectivity index (χ3n) is 4.43. The van der Waals surface area contributed by atoms with Gasteiger partial charge in [0.2, 0.25) is 0 Å². The fourth-order valence-corrected chi connectivity index (χ4v) is 3.51. The number of nitrogens with zero attached hydrogens (tertiary/aromatic N) is 1. The summed E-state index contributed by atoms with van der Waals surface area (Å²) in [7, 11) is 0. The molecule has 0 radical (unpaired) electrons. The van der Waals surface area contributed by atoms with Crippen molar-refractivity contribution in [2.24, 2.45) is 11.8 Å². The van der Waals surface area contributed by atoms with E-state index in [2.05, 4.69) is 24.1 Å². The zero-order valence-corrected chi connectivity index (χ0v) is 13.9. The first-order valence-electron chi connectivity index (χ1n) is 8.38. The number of rotatable bonds is 5. The van der Waals surface area contributed by atoms with Crippen molar-refractivity contribution in [2.45, 2.75) is 33.4 Å². The molecular formula is C19H25FN2O. The molecule has 1 aromatic heterocycles. The Labute approximate surface area is 137 Å². The topological polar surface area (TPSA) is 28.4 Å². The quantitative estimate of drug-likeness (QED) is 0.896. The summed E-state index contributed by atoms with van der Waals surface area (Å²) < 4.78 is 19.6. The largest absolute Gasteiger partial charge is 0.468 e. The Morgan fingerprint density at radius 3 is 2.65 bits per heavy atom. The summed E-state index contributed by atoms with van der Waals surface area (Å²) >= 11 is 0. The molecule has 1 N–H and O–H groups in total. The third-order valence-corrected chi connectivity index (χ3v) is 4.43. The van der Waals surface area contributed by atoms with Gasteiger partial charge in [-0.15, -0.1) is 0 Å². The van der Waals surface area contributed by atoms with Crippen molar-refractivity contribution in [2.75, 3.05) is 18.0 Å². The Morgan fingerprint density at radius 1 is 1.17 bits per heavy atom. The fraction of sp³-hybridized carbons (Fsp3) is 0.474.